The van der Waals surface area contributed by atoms with E-state index >= 15 is 0 Å². The van der Waals surface area contributed by atoms with E-state index < -0.39 is 11.7 Å². The number of nitrogens with zero attached hydrogens (tertiary/aromatic N) is 1. The first-order valence-electron chi connectivity index (χ1n) is 4.49. The van der Waals surface area contributed by atoms with Gasteiger partial charge in [-0.05, 0) is 18.2 Å². The van der Waals surface area contributed by atoms with Gasteiger partial charge in [-0.1, -0.05) is 38.4 Å². The Kier molecular flexibility index (Phi) is 2.99. The van der Waals surface area contributed by atoms with Gasteiger partial charge in [-0.2, -0.15) is 0 Å². The minimum atomic E-state index is -0.506. The zero-order chi connectivity index (χ0) is 11.9. The fourth-order valence-electron chi connectivity index (χ4n) is 1.60. The highest BCUT2D eigenvalue weighted by molar-refractivity contribution is 9.11. The van der Waals surface area contributed by atoms with Crippen LogP contribution in [-0.2, 0) is 4.79 Å². The van der Waals surface area contributed by atoms with E-state index in [1.165, 1.54) is 4.90 Å². The number of fused-ring (bicyclic) bond motifs is 1. The first kappa shape index (κ1) is 11.5. The molecule has 0 saturated carbocycles. The third kappa shape index (κ3) is 1.85. The minimum absolute atomic E-state index is 0.300. The second kappa shape index (κ2) is 4.14. The van der Waals surface area contributed by atoms with Crippen LogP contribution in [0.1, 0.15) is 10.4 Å². The van der Waals surface area contributed by atoms with Crippen LogP contribution in [0.2, 0.25) is 0 Å². The van der Waals surface area contributed by atoms with Gasteiger partial charge in [-0.3, -0.25) is 14.5 Å². The summed E-state index contributed by atoms with van der Waals surface area (Å²) in [6.45, 7) is 3.97. The molecule has 1 aromatic rings. The van der Waals surface area contributed by atoms with Crippen LogP contribution in [0.5, 0.6) is 0 Å². The van der Waals surface area contributed by atoms with E-state index in [2.05, 4.69) is 38.4 Å². The van der Waals surface area contributed by atoms with E-state index in [-0.39, 0.29) is 0 Å². The number of carbonyl (C=O) groups is 2. The van der Waals surface area contributed by atoms with Crippen LogP contribution in [0.3, 0.4) is 0 Å². The molecule has 1 aliphatic rings. The Hall–Kier alpha value is -0.940. The first-order valence-corrected chi connectivity index (χ1v) is 6.08. The van der Waals surface area contributed by atoms with Crippen LogP contribution >= 0.6 is 31.9 Å². The fraction of sp³-hybridized carbons (Fsp3) is 0.0909. The van der Waals surface area contributed by atoms with Crippen molar-refractivity contribution in [1.29, 1.82) is 0 Å². The summed E-state index contributed by atoms with van der Waals surface area (Å²) in [5.74, 6) is -0.968. The number of halogens is 2. The second-order valence-electron chi connectivity index (χ2n) is 3.40. The Morgan fingerprint density at radius 2 is 2.06 bits per heavy atom. The van der Waals surface area contributed by atoms with Gasteiger partial charge in [0.15, 0.2) is 0 Å². The predicted octanol–water partition coefficient (Wildman–Crippen LogP) is 2.89. The van der Waals surface area contributed by atoms with Gasteiger partial charge in [-0.15, -0.1) is 0 Å². The molecule has 1 aromatic carbocycles. The molecule has 0 aliphatic carbocycles. The van der Waals surface area contributed by atoms with Crippen molar-refractivity contribution in [3.63, 3.8) is 0 Å². The number of anilines is 1. The lowest BCUT2D eigenvalue weighted by Crippen LogP contribution is -2.30. The number of Topliss-reactive ketones (excluding diaryl/α,β-unsaturated/α-hetero) is 1. The Bertz CT molecular complexity index is 511. The summed E-state index contributed by atoms with van der Waals surface area (Å²) in [5.41, 5.74) is 1.08. The molecule has 0 bridgehead atoms. The SMILES string of the molecule is C=C(Br)CN1C(=O)C(=O)c2ccc(Br)cc21. The molecule has 0 N–H and O–H groups in total. The highest BCUT2D eigenvalue weighted by Crippen LogP contribution is 2.32. The zero-order valence-corrected chi connectivity index (χ0v) is 11.3. The fourth-order valence-corrected chi connectivity index (χ4v) is 2.20. The van der Waals surface area contributed by atoms with Crippen molar-refractivity contribution in [2.45, 2.75) is 0 Å². The molecular formula is C11H7Br2NO2. The van der Waals surface area contributed by atoms with Crippen LogP contribution < -0.4 is 4.90 Å². The van der Waals surface area contributed by atoms with Crippen LogP contribution in [0, 0.1) is 0 Å². The number of amides is 1. The molecule has 16 heavy (non-hydrogen) atoms. The van der Waals surface area contributed by atoms with E-state index in [1.807, 2.05) is 0 Å². The number of carbonyl (C=O) groups excluding carboxylic acids is 2. The summed E-state index contributed by atoms with van der Waals surface area (Å²) in [6, 6.07) is 5.15. The minimum Gasteiger partial charge on any atom is -0.300 e. The van der Waals surface area contributed by atoms with Gasteiger partial charge in [0, 0.05) is 8.96 Å². The molecule has 0 aromatic heterocycles. The summed E-state index contributed by atoms with van der Waals surface area (Å²) in [7, 11) is 0. The number of hydrogen-bond donors (Lipinski definition) is 0. The van der Waals surface area contributed by atoms with Gasteiger partial charge in [0.25, 0.3) is 11.7 Å². The molecular weight excluding hydrogens is 338 g/mol. The second-order valence-corrected chi connectivity index (χ2v) is 5.44. The molecule has 2 rings (SSSR count). The normalized spacial score (nSPS) is 14.2. The van der Waals surface area contributed by atoms with Crippen LogP contribution in [0.15, 0.2) is 33.7 Å². The largest absolute Gasteiger partial charge is 0.300 e. The molecule has 5 heteroatoms. The Morgan fingerprint density at radius 1 is 1.38 bits per heavy atom. The lowest BCUT2D eigenvalue weighted by Gasteiger charge is -2.15. The Morgan fingerprint density at radius 3 is 2.69 bits per heavy atom. The van der Waals surface area contributed by atoms with Crippen molar-refractivity contribution in [3.8, 4) is 0 Å². The van der Waals surface area contributed by atoms with Gasteiger partial charge >= 0.3 is 0 Å². The first-order chi connectivity index (χ1) is 7.50. The molecule has 0 unspecified atom stereocenters. The maximum absolute atomic E-state index is 11.7. The van der Waals surface area contributed by atoms with Gasteiger partial charge < -0.3 is 0 Å². The number of benzene rings is 1. The van der Waals surface area contributed by atoms with Crippen molar-refractivity contribution in [3.05, 3.63) is 39.3 Å². The highest BCUT2D eigenvalue weighted by atomic mass is 79.9. The number of hydrogen-bond acceptors (Lipinski definition) is 2. The van der Waals surface area contributed by atoms with Gasteiger partial charge in [-0.25, -0.2) is 0 Å². The van der Waals surface area contributed by atoms with Crippen molar-refractivity contribution in [1.82, 2.24) is 0 Å². The Balaban J connectivity index is 2.51. The van der Waals surface area contributed by atoms with Crippen LogP contribution in [0.4, 0.5) is 5.69 Å². The highest BCUT2D eigenvalue weighted by Gasteiger charge is 2.35. The quantitative estimate of drug-likeness (QED) is 0.773. The van der Waals surface area contributed by atoms with E-state index in [1.54, 1.807) is 18.2 Å². The summed E-state index contributed by atoms with van der Waals surface area (Å²) < 4.78 is 1.49. The lowest BCUT2D eigenvalue weighted by molar-refractivity contribution is -0.114. The molecule has 82 valence electrons. The average Bonchev–Trinajstić information content (AvgIpc) is 2.43. The molecule has 0 spiro atoms. The molecule has 0 fully saturated rings. The molecule has 3 nitrogen and oxygen atoms in total. The smallest absolute Gasteiger partial charge is 0.299 e. The molecule has 0 atom stereocenters. The van der Waals surface area contributed by atoms with Crippen LogP contribution in [0.25, 0.3) is 0 Å². The summed E-state index contributed by atoms with van der Waals surface area (Å²) in [6.07, 6.45) is 0. The summed E-state index contributed by atoms with van der Waals surface area (Å²) >= 11 is 6.51. The lowest BCUT2D eigenvalue weighted by atomic mass is 10.1. The number of ketones is 1. The molecule has 0 saturated heterocycles. The predicted molar refractivity (Wildman–Crippen MR) is 68.9 cm³/mol. The molecule has 0 radical (unpaired) electrons. The summed E-state index contributed by atoms with van der Waals surface area (Å²) in [5, 5.41) is 0. The third-order valence-electron chi connectivity index (χ3n) is 2.26. The van der Waals surface area contributed by atoms with Gasteiger partial charge in [0.05, 0.1) is 17.8 Å². The van der Waals surface area contributed by atoms with Crippen molar-refractivity contribution >= 4 is 49.2 Å². The van der Waals surface area contributed by atoms with Crippen LogP contribution in [-0.4, -0.2) is 18.2 Å². The molecule has 1 heterocycles. The van der Waals surface area contributed by atoms with Gasteiger partial charge in [0.2, 0.25) is 0 Å². The summed E-state index contributed by atoms with van der Waals surface area (Å²) in [4.78, 5) is 24.8. The van der Waals surface area contributed by atoms with Gasteiger partial charge in [0.1, 0.15) is 0 Å². The van der Waals surface area contributed by atoms with Crippen molar-refractivity contribution in [2.24, 2.45) is 0 Å². The molecule has 1 amide bonds. The van der Waals surface area contributed by atoms with E-state index in [0.717, 1.165) is 4.47 Å². The monoisotopic (exact) mass is 343 g/mol. The van der Waals surface area contributed by atoms with Crippen molar-refractivity contribution < 1.29 is 9.59 Å². The van der Waals surface area contributed by atoms with Crippen molar-refractivity contribution in [2.75, 3.05) is 11.4 Å². The average molecular weight is 345 g/mol. The molecule has 1 aliphatic heterocycles. The standard InChI is InChI=1S/C11H7Br2NO2/c1-6(12)5-14-9-4-7(13)2-3-8(9)10(15)11(14)16/h2-4H,1,5H2. The zero-order valence-electron chi connectivity index (χ0n) is 8.17. The van der Waals surface area contributed by atoms with E-state index in [9.17, 15) is 9.59 Å². The van der Waals surface area contributed by atoms with E-state index in [4.69, 9.17) is 0 Å². The maximum atomic E-state index is 11.7. The van der Waals surface area contributed by atoms with E-state index in [0.29, 0.717) is 22.3 Å². The Labute approximate surface area is 109 Å². The maximum Gasteiger partial charge on any atom is 0.299 e. The number of rotatable bonds is 2. The topological polar surface area (TPSA) is 37.4 Å². The third-order valence-corrected chi connectivity index (χ3v) is 3.01.